The van der Waals surface area contributed by atoms with E-state index in [-0.39, 0.29) is 5.82 Å². The van der Waals surface area contributed by atoms with E-state index in [2.05, 4.69) is 5.16 Å². The van der Waals surface area contributed by atoms with Gasteiger partial charge in [-0.2, -0.15) is 0 Å². The molecular weight excluding hydrogens is 207 g/mol. The van der Waals surface area contributed by atoms with E-state index < -0.39 is 0 Å². The molecule has 0 fully saturated rings. The number of rotatable bonds is 4. The fourth-order valence-corrected chi connectivity index (χ4v) is 1.61. The van der Waals surface area contributed by atoms with Crippen molar-refractivity contribution in [1.29, 1.82) is 0 Å². The summed E-state index contributed by atoms with van der Waals surface area (Å²) in [5.41, 5.74) is 7.43. The SMILES string of the molecule is NCCCc1nocc1-c1ccccc1F. The lowest BCUT2D eigenvalue weighted by atomic mass is 10.0. The summed E-state index contributed by atoms with van der Waals surface area (Å²) in [6.07, 6.45) is 2.99. The minimum atomic E-state index is -0.264. The van der Waals surface area contributed by atoms with Crippen LogP contribution in [0.15, 0.2) is 35.1 Å². The van der Waals surface area contributed by atoms with Gasteiger partial charge in [0.05, 0.1) is 5.69 Å². The molecule has 0 bridgehead atoms. The van der Waals surface area contributed by atoms with Gasteiger partial charge in [-0.25, -0.2) is 4.39 Å². The Hall–Kier alpha value is -1.68. The van der Waals surface area contributed by atoms with Crippen LogP contribution in [0, 0.1) is 5.82 Å². The van der Waals surface area contributed by atoms with Gasteiger partial charge in [0, 0.05) is 11.1 Å². The molecule has 2 rings (SSSR count). The van der Waals surface area contributed by atoms with Gasteiger partial charge >= 0.3 is 0 Å². The van der Waals surface area contributed by atoms with E-state index in [1.165, 1.54) is 12.3 Å². The number of nitrogens with two attached hydrogens (primary N) is 1. The van der Waals surface area contributed by atoms with Crippen molar-refractivity contribution in [3.63, 3.8) is 0 Å². The standard InChI is InChI=1S/C12H13FN2O/c13-11-5-2-1-4-9(11)10-8-16-15-12(10)6-3-7-14/h1-2,4-5,8H,3,6-7,14H2. The summed E-state index contributed by atoms with van der Waals surface area (Å²) >= 11 is 0. The first-order valence-corrected chi connectivity index (χ1v) is 5.21. The van der Waals surface area contributed by atoms with E-state index in [9.17, 15) is 4.39 Å². The number of hydrogen-bond acceptors (Lipinski definition) is 3. The Morgan fingerprint density at radius 3 is 2.81 bits per heavy atom. The fourth-order valence-electron chi connectivity index (χ4n) is 1.61. The molecule has 16 heavy (non-hydrogen) atoms. The molecule has 0 amide bonds. The molecule has 0 aliphatic carbocycles. The molecule has 0 aliphatic heterocycles. The number of nitrogens with zero attached hydrogens (tertiary/aromatic N) is 1. The number of hydrogen-bond donors (Lipinski definition) is 1. The normalized spacial score (nSPS) is 10.6. The number of benzene rings is 1. The highest BCUT2D eigenvalue weighted by molar-refractivity contribution is 5.65. The minimum absolute atomic E-state index is 0.264. The van der Waals surface area contributed by atoms with Gasteiger partial charge in [-0.15, -0.1) is 0 Å². The molecule has 2 N–H and O–H groups in total. The Bertz CT molecular complexity index is 468. The van der Waals surface area contributed by atoms with Crippen LogP contribution in [-0.2, 0) is 6.42 Å². The second kappa shape index (κ2) is 4.90. The minimum Gasteiger partial charge on any atom is -0.364 e. The molecule has 0 atom stereocenters. The van der Waals surface area contributed by atoms with Crippen LogP contribution in [0.5, 0.6) is 0 Å². The zero-order valence-electron chi connectivity index (χ0n) is 8.82. The van der Waals surface area contributed by atoms with Gasteiger partial charge in [-0.1, -0.05) is 23.4 Å². The zero-order chi connectivity index (χ0) is 11.4. The van der Waals surface area contributed by atoms with Gasteiger partial charge in [0.25, 0.3) is 0 Å². The first kappa shape index (κ1) is 10.8. The fraction of sp³-hybridized carbons (Fsp3) is 0.250. The molecule has 0 unspecified atom stereocenters. The predicted octanol–water partition coefficient (Wildman–Crippen LogP) is 2.37. The van der Waals surface area contributed by atoms with Gasteiger partial charge in [-0.05, 0) is 25.5 Å². The summed E-state index contributed by atoms with van der Waals surface area (Å²) in [4.78, 5) is 0. The molecule has 1 heterocycles. The van der Waals surface area contributed by atoms with Crippen molar-refractivity contribution in [3.05, 3.63) is 42.0 Å². The molecule has 0 saturated carbocycles. The van der Waals surface area contributed by atoms with E-state index >= 15 is 0 Å². The van der Waals surface area contributed by atoms with Crippen molar-refractivity contribution in [1.82, 2.24) is 5.16 Å². The molecule has 84 valence electrons. The summed E-state index contributed by atoms with van der Waals surface area (Å²) in [5, 5.41) is 3.87. The number of aryl methyl sites for hydroxylation is 1. The predicted molar refractivity (Wildman–Crippen MR) is 59.3 cm³/mol. The van der Waals surface area contributed by atoms with E-state index in [1.54, 1.807) is 18.2 Å². The first-order chi connectivity index (χ1) is 7.83. The molecule has 0 spiro atoms. The van der Waals surface area contributed by atoms with Crippen LogP contribution in [0.1, 0.15) is 12.1 Å². The smallest absolute Gasteiger partial charge is 0.132 e. The van der Waals surface area contributed by atoms with Gasteiger partial charge < -0.3 is 10.3 Å². The second-order valence-corrected chi connectivity index (χ2v) is 3.55. The molecule has 2 aromatic rings. The van der Waals surface area contributed by atoms with Crippen LogP contribution in [-0.4, -0.2) is 11.7 Å². The van der Waals surface area contributed by atoms with Crippen molar-refractivity contribution >= 4 is 0 Å². The molecule has 0 aliphatic rings. The molecule has 4 heteroatoms. The number of halogens is 1. The summed E-state index contributed by atoms with van der Waals surface area (Å²) in [6, 6.07) is 6.59. The highest BCUT2D eigenvalue weighted by Gasteiger charge is 2.12. The third-order valence-electron chi connectivity index (χ3n) is 2.43. The molecule has 1 aromatic carbocycles. The second-order valence-electron chi connectivity index (χ2n) is 3.55. The van der Waals surface area contributed by atoms with Crippen molar-refractivity contribution in [3.8, 4) is 11.1 Å². The highest BCUT2D eigenvalue weighted by atomic mass is 19.1. The van der Waals surface area contributed by atoms with Crippen LogP contribution in [0.2, 0.25) is 0 Å². The summed E-state index contributed by atoms with van der Waals surface area (Å²) in [7, 11) is 0. The van der Waals surface area contributed by atoms with Gasteiger partial charge in [-0.3, -0.25) is 0 Å². The average Bonchev–Trinajstić information content (AvgIpc) is 2.75. The van der Waals surface area contributed by atoms with Crippen LogP contribution in [0.3, 0.4) is 0 Å². The number of aromatic nitrogens is 1. The van der Waals surface area contributed by atoms with E-state index in [0.29, 0.717) is 24.1 Å². The van der Waals surface area contributed by atoms with Crippen LogP contribution in [0.25, 0.3) is 11.1 Å². The lowest BCUT2D eigenvalue weighted by Crippen LogP contribution is -2.01. The van der Waals surface area contributed by atoms with Gasteiger partial charge in [0.15, 0.2) is 0 Å². The Morgan fingerprint density at radius 2 is 2.06 bits per heavy atom. The molecule has 0 radical (unpaired) electrons. The average molecular weight is 220 g/mol. The van der Waals surface area contributed by atoms with Gasteiger partial charge in [0.1, 0.15) is 12.1 Å². The topological polar surface area (TPSA) is 52.0 Å². The third kappa shape index (κ3) is 2.12. The maximum atomic E-state index is 13.6. The largest absolute Gasteiger partial charge is 0.364 e. The Kier molecular flexibility index (Phi) is 3.31. The molecular formula is C12H13FN2O. The molecule has 1 aromatic heterocycles. The van der Waals surface area contributed by atoms with E-state index in [0.717, 1.165) is 12.1 Å². The monoisotopic (exact) mass is 220 g/mol. The summed E-state index contributed by atoms with van der Waals surface area (Å²) in [5.74, 6) is -0.264. The lowest BCUT2D eigenvalue weighted by molar-refractivity contribution is 0.411. The third-order valence-corrected chi connectivity index (χ3v) is 2.43. The summed E-state index contributed by atoms with van der Waals surface area (Å²) in [6.45, 7) is 0.587. The van der Waals surface area contributed by atoms with Crippen molar-refractivity contribution in [2.24, 2.45) is 5.73 Å². The quantitative estimate of drug-likeness (QED) is 0.860. The van der Waals surface area contributed by atoms with Crippen LogP contribution >= 0.6 is 0 Å². The Morgan fingerprint density at radius 1 is 1.25 bits per heavy atom. The molecule has 0 saturated heterocycles. The maximum Gasteiger partial charge on any atom is 0.132 e. The maximum absolute atomic E-state index is 13.6. The van der Waals surface area contributed by atoms with Crippen LogP contribution < -0.4 is 5.73 Å². The summed E-state index contributed by atoms with van der Waals surface area (Å²) < 4.78 is 18.5. The van der Waals surface area contributed by atoms with Crippen molar-refractivity contribution < 1.29 is 8.91 Å². The van der Waals surface area contributed by atoms with E-state index in [1.807, 2.05) is 0 Å². The molecule has 3 nitrogen and oxygen atoms in total. The zero-order valence-corrected chi connectivity index (χ0v) is 8.82. The lowest BCUT2D eigenvalue weighted by Gasteiger charge is -2.01. The Balaban J connectivity index is 2.33. The van der Waals surface area contributed by atoms with E-state index in [4.69, 9.17) is 10.3 Å². The van der Waals surface area contributed by atoms with Gasteiger partial charge in [0.2, 0.25) is 0 Å². The first-order valence-electron chi connectivity index (χ1n) is 5.21. The van der Waals surface area contributed by atoms with Crippen molar-refractivity contribution in [2.45, 2.75) is 12.8 Å². The van der Waals surface area contributed by atoms with Crippen LogP contribution in [0.4, 0.5) is 4.39 Å². The van der Waals surface area contributed by atoms with Crippen molar-refractivity contribution in [2.75, 3.05) is 6.54 Å². The Labute approximate surface area is 93.1 Å². The highest BCUT2D eigenvalue weighted by Crippen LogP contribution is 2.26.